The molecule has 1 aliphatic carbocycles. The van der Waals surface area contributed by atoms with Crippen LogP contribution in [0, 0.1) is 5.92 Å². The quantitative estimate of drug-likeness (QED) is 0.824. The van der Waals surface area contributed by atoms with Gasteiger partial charge in [-0.1, -0.05) is 19.3 Å². The second-order valence-electron chi connectivity index (χ2n) is 7.18. The van der Waals surface area contributed by atoms with Crippen molar-refractivity contribution in [2.75, 3.05) is 0 Å². The van der Waals surface area contributed by atoms with Crippen LogP contribution >= 0.6 is 0 Å². The molecule has 1 saturated heterocycles. The van der Waals surface area contributed by atoms with Crippen molar-refractivity contribution in [1.29, 1.82) is 0 Å². The lowest BCUT2D eigenvalue weighted by Crippen LogP contribution is -2.48. The summed E-state index contributed by atoms with van der Waals surface area (Å²) in [5, 5.41) is 10.6. The van der Waals surface area contributed by atoms with E-state index in [-0.39, 0.29) is 17.3 Å². The molecule has 1 N–H and O–H groups in total. The predicted octanol–water partition coefficient (Wildman–Crippen LogP) is 2.84. The number of Topliss-reactive ketones (excluding diaryl/α,β-unsaturated/α-hetero) is 1. The number of carbonyl (C=O) groups excluding carboxylic acids is 1. The highest BCUT2D eigenvalue weighted by molar-refractivity contribution is 5.90. The molecule has 18 heavy (non-hydrogen) atoms. The Labute approximate surface area is 110 Å². The van der Waals surface area contributed by atoms with Crippen LogP contribution < -0.4 is 0 Å². The lowest BCUT2D eigenvalue weighted by Gasteiger charge is -2.36. The van der Waals surface area contributed by atoms with Gasteiger partial charge in [0.2, 0.25) is 0 Å². The van der Waals surface area contributed by atoms with Crippen LogP contribution in [-0.4, -0.2) is 27.7 Å². The van der Waals surface area contributed by atoms with Crippen LogP contribution in [-0.2, 0) is 9.53 Å². The molecule has 2 rings (SSSR count). The summed E-state index contributed by atoms with van der Waals surface area (Å²) in [5.74, 6) is -0.173. The van der Waals surface area contributed by atoms with Crippen molar-refractivity contribution in [3.8, 4) is 0 Å². The van der Waals surface area contributed by atoms with E-state index in [4.69, 9.17) is 4.74 Å². The highest BCUT2D eigenvalue weighted by Gasteiger charge is 2.53. The summed E-state index contributed by atoms with van der Waals surface area (Å²) < 4.78 is 5.97. The summed E-state index contributed by atoms with van der Waals surface area (Å²) in [7, 11) is 0. The smallest absolute Gasteiger partial charge is 0.170 e. The fraction of sp³-hybridized carbons (Fsp3) is 0.933. The summed E-state index contributed by atoms with van der Waals surface area (Å²) in [6, 6.07) is 0. The van der Waals surface area contributed by atoms with Crippen molar-refractivity contribution < 1.29 is 14.6 Å². The molecule has 2 aliphatic rings. The van der Waals surface area contributed by atoms with E-state index < -0.39 is 11.2 Å². The Hall–Kier alpha value is -0.410. The molecule has 0 aromatic heterocycles. The molecule has 2 fully saturated rings. The zero-order chi connectivity index (χ0) is 13.6. The highest BCUT2D eigenvalue weighted by Crippen LogP contribution is 2.45. The Kier molecular flexibility index (Phi) is 3.35. The van der Waals surface area contributed by atoms with Gasteiger partial charge in [-0.05, 0) is 47.0 Å². The van der Waals surface area contributed by atoms with Crippen molar-refractivity contribution in [3.05, 3.63) is 0 Å². The van der Waals surface area contributed by atoms with Crippen LogP contribution in [0.3, 0.4) is 0 Å². The molecule has 104 valence electrons. The third-order valence-corrected chi connectivity index (χ3v) is 4.53. The maximum Gasteiger partial charge on any atom is 0.170 e. The topological polar surface area (TPSA) is 46.5 Å². The molecule has 0 aromatic carbocycles. The van der Waals surface area contributed by atoms with E-state index in [1.54, 1.807) is 0 Å². The fourth-order valence-electron chi connectivity index (χ4n) is 3.68. The number of aliphatic hydroxyl groups is 1. The van der Waals surface area contributed by atoms with Gasteiger partial charge in [-0.25, -0.2) is 0 Å². The number of rotatable bonds is 2. The number of ether oxygens (including phenoxy) is 1. The van der Waals surface area contributed by atoms with Crippen molar-refractivity contribution in [3.63, 3.8) is 0 Å². The molecule has 1 unspecified atom stereocenters. The van der Waals surface area contributed by atoms with E-state index in [0.29, 0.717) is 19.3 Å². The number of hydrogen-bond donors (Lipinski definition) is 1. The lowest BCUT2D eigenvalue weighted by atomic mass is 9.72. The molecule has 0 aromatic rings. The minimum atomic E-state index is -1.09. The van der Waals surface area contributed by atoms with E-state index >= 15 is 0 Å². The van der Waals surface area contributed by atoms with E-state index in [1.165, 1.54) is 0 Å². The minimum absolute atomic E-state index is 0.0118. The molecule has 0 bridgehead atoms. The molecule has 3 nitrogen and oxygen atoms in total. The molecular weight excluding hydrogens is 228 g/mol. The lowest BCUT2D eigenvalue weighted by molar-refractivity contribution is -0.151. The molecule has 1 saturated carbocycles. The maximum atomic E-state index is 12.7. The van der Waals surface area contributed by atoms with Crippen LogP contribution in [0.5, 0.6) is 0 Å². The van der Waals surface area contributed by atoms with Crippen molar-refractivity contribution in [2.24, 2.45) is 5.92 Å². The Morgan fingerprint density at radius 2 is 1.67 bits per heavy atom. The monoisotopic (exact) mass is 254 g/mol. The third kappa shape index (κ3) is 2.48. The zero-order valence-corrected chi connectivity index (χ0v) is 12.1. The summed E-state index contributed by atoms with van der Waals surface area (Å²) in [6.45, 7) is 7.98. The molecule has 0 spiro atoms. The summed E-state index contributed by atoms with van der Waals surface area (Å²) in [5.41, 5.74) is -1.83. The minimum Gasteiger partial charge on any atom is -0.382 e. The van der Waals surface area contributed by atoms with Crippen LogP contribution in [0.2, 0.25) is 0 Å². The predicted molar refractivity (Wildman–Crippen MR) is 70.4 cm³/mol. The SMILES string of the molecule is CC1(C)CC(C(=O)C2(O)CCCCC2)C(C)(C)O1. The first kappa shape index (κ1) is 14.0. The Balaban J connectivity index is 2.18. The first-order valence-electron chi connectivity index (χ1n) is 7.13. The Morgan fingerprint density at radius 1 is 1.11 bits per heavy atom. The highest BCUT2D eigenvalue weighted by atomic mass is 16.5. The van der Waals surface area contributed by atoms with Gasteiger partial charge in [0.25, 0.3) is 0 Å². The number of hydrogen-bond acceptors (Lipinski definition) is 3. The summed E-state index contributed by atoms with van der Waals surface area (Å²) >= 11 is 0. The van der Waals surface area contributed by atoms with Gasteiger partial charge in [-0.3, -0.25) is 4.79 Å². The average molecular weight is 254 g/mol. The van der Waals surface area contributed by atoms with Gasteiger partial charge in [0.1, 0.15) is 5.60 Å². The zero-order valence-electron chi connectivity index (χ0n) is 12.1. The fourth-order valence-corrected chi connectivity index (χ4v) is 3.68. The third-order valence-electron chi connectivity index (χ3n) is 4.53. The first-order valence-corrected chi connectivity index (χ1v) is 7.13. The van der Waals surface area contributed by atoms with Crippen molar-refractivity contribution in [2.45, 2.75) is 83.0 Å². The summed E-state index contributed by atoms with van der Waals surface area (Å²) in [6.07, 6.45) is 5.00. The van der Waals surface area contributed by atoms with Gasteiger partial charge in [0.15, 0.2) is 5.78 Å². The normalized spacial score (nSPS) is 33.3. The van der Waals surface area contributed by atoms with Gasteiger partial charge in [-0.15, -0.1) is 0 Å². The Morgan fingerprint density at radius 3 is 2.11 bits per heavy atom. The average Bonchev–Trinajstić information content (AvgIpc) is 2.46. The standard InChI is InChI=1S/C15H26O3/c1-13(2)10-11(14(3,4)18-13)12(16)15(17)8-6-5-7-9-15/h11,17H,5-10H2,1-4H3. The molecule has 0 amide bonds. The Bertz CT molecular complexity index is 338. The maximum absolute atomic E-state index is 12.7. The molecule has 1 heterocycles. The largest absolute Gasteiger partial charge is 0.382 e. The van der Waals surface area contributed by atoms with E-state index in [1.807, 2.05) is 27.7 Å². The molecule has 0 radical (unpaired) electrons. The van der Waals surface area contributed by atoms with Crippen LogP contribution in [0.1, 0.15) is 66.2 Å². The molecular formula is C15H26O3. The van der Waals surface area contributed by atoms with Crippen LogP contribution in [0.15, 0.2) is 0 Å². The van der Waals surface area contributed by atoms with Gasteiger partial charge >= 0.3 is 0 Å². The van der Waals surface area contributed by atoms with E-state index in [2.05, 4.69) is 0 Å². The first-order chi connectivity index (χ1) is 8.16. The number of carbonyl (C=O) groups is 1. The van der Waals surface area contributed by atoms with Crippen LogP contribution in [0.25, 0.3) is 0 Å². The van der Waals surface area contributed by atoms with Crippen LogP contribution in [0.4, 0.5) is 0 Å². The van der Waals surface area contributed by atoms with Crippen molar-refractivity contribution >= 4 is 5.78 Å². The molecule has 1 aliphatic heterocycles. The summed E-state index contributed by atoms with van der Waals surface area (Å²) in [4.78, 5) is 12.7. The van der Waals surface area contributed by atoms with Gasteiger partial charge < -0.3 is 9.84 Å². The van der Waals surface area contributed by atoms with E-state index in [0.717, 1.165) is 19.3 Å². The second-order valence-corrected chi connectivity index (χ2v) is 7.18. The van der Waals surface area contributed by atoms with E-state index in [9.17, 15) is 9.90 Å². The number of ketones is 1. The molecule has 1 atom stereocenters. The second kappa shape index (κ2) is 4.31. The van der Waals surface area contributed by atoms with Crippen molar-refractivity contribution in [1.82, 2.24) is 0 Å². The molecule has 3 heteroatoms. The van der Waals surface area contributed by atoms with Gasteiger partial charge in [-0.2, -0.15) is 0 Å². The van der Waals surface area contributed by atoms with Gasteiger partial charge in [0.05, 0.1) is 17.1 Å². The van der Waals surface area contributed by atoms with Gasteiger partial charge in [0, 0.05) is 0 Å².